The van der Waals surface area contributed by atoms with Crippen LogP contribution < -0.4 is 10.6 Å². The van der Waals surface area contributed by atoms with Crippen LogP contribution in [-0.4, -0.2) is 39.0 Å². The maximum Gasteiger partial charge on any atom is 0.231 e. The summed E-state index contributed by atoms with van der Waals surface area (Å²) in [6.07, 6.45) is 4.43. The van der Waals surface area contributed by atoms with E-state index in [4.69, 9.17) is 15.2 Å². The topological polar surface area (TPSA) is 94.0 Å². The number of anilines is 2. The predicted molar refractivity (Wildman–Crippen MR) is 105 cm³/mol. The van der Waals surface area contributed by atoms with E-state index in [0.29, 0.717) is 5.82 Å². The van der Waals surface area contributed by atoms with Crippen molar-refractivity contribution < 1.29 is 4.52 Å². The molecule has 142 valence electrons. The van der Waals surface area contributed by atoms with Gasteiger partial charge in [0.05, 0.1) is 5.92 Å². The van der Waals surface area contributed by atoms with Gasteiger partial charge >= 0.3 is 0 Å². The lowest BCUT2D eigenvalue weighted by molar-refractivity contribution is 0.329. The number of nitrogen functional groups attached to an aromatic ring is 1. The van der Waals surface area contributed by atoms with E-state index in [1.165, 1.54) is 6.42 Å². The van der Waals surface area contributed by atoms with E-state index >= 15 is 0 Å². The van der Waals surface area contributed by atoms with Gasteiger partial charge in [-0.1, -0.05) is 44.1 Å². The number of thioether (sulfide) groups is 1. The smallest absolute Gasteiger partial charge is 0.231 e. The molecule has 0 amide bonds. The molecule has 3 heterocycles. The minimum atomic E-state index is 0.233. The molecule has 1 fully saturated rings. The summed E-state index contributed by atoms with van der Waals surface area (Å²) in [4.78, 5) is 15.9. The van der Waals surface area contributed by atoms with Crippen molar-refractivity contribution >= 4 is 23.4 Å². The van der Waals surface area contributed by atoms with Crippen LogP contribution >= 0.6 is 11.8 Å². The highest BCUT2D eigenvalue weighted by Crippen LogP contribution is 2.30. The van der Waals surface area contributed by atoms with Crippen LogP contribution in [0.15, 0.2) is 15.7 Å². The van der Waals surface area contributed by atoms with Crippen LogP contribution in [0.4, 0.5) is 11.6 Å². The van der Waals surface area contributed by atoms with Gasteiger partial charge < -0.3 is 15.2 Å². The molecule has 1 saturated heterocycles. The summed E-state index contributed by atoms with van der Waals surface area (Å²) < 4.78 is 5.51. The standard InChI is InChI=1S/C18H28N6OS/c1-4-5-9-26-18-20-14(19)10-15(21-18)24-8-6-7-13(11-24)17-22-16(12(2)3)23-25-17/h10,12-13H,4-9,11H2,1-3H3,(H2,19,20,21)/t13-/m1/s1. The van der Waals surface area contributed by atoms with E-state index in [1.807, 2.05) is 6.07 Å². The van der Waals surface area contributed by atoms with E-state index in [-0.39, 0.29) is 11.8 Å². The average molecular weight is 377 g/mol. The molecule has 0 radical (unpaired) electrons. The fraction of sp³-hybridized carbons (Fsp3) is 0.667. The minimum absolute atomic E-state index is 0.233. The van der Waals surface area contributed by atoms with Crippen molar-refractivity contribution in [2.45, 2.75) is 63.4 Å². The SMILES string of the molecule is CCCCSc1nc(N)cc(N2CCC[C@@H](c3nc(C(C)C)no3)C2)n1. The number of aromatic nitrogens is 4. The Morgan fingerprint density at radius 1 is 1.35 bits per heavy atom. The molecule has 0 bridgehead atoms. The highest BCUT2D eigenvalue weighted by atomic mass is 32.2. The van der Waals surface area contributed by atoms with Gasteiger partial charge in [-0.15, -0.1) is 0 Å². The molecule has 1 aliphatic heterocycles. The lowest BCUT2D eigenvalue weighted by atomic mass is 9.98. The van der Waals surface area contributed by atoms with Gasteiger partial charge in [0.25, 0.3) is 0 Å². The van der Waals surface area contributed by atoms with E-state index in [0.717, 1.165) is 60.8 Å². The molecule has 0 aromatic carbocycles. The lowest BCUT2D eigenvalue weighted by Gasteiger charge is -2.32. The molecule has 0 spiro atoms. The van der Waals surface area contributed by atoms with Crippen LogP contribution in [0.2, 0.25) is 0 Å². The lowest BCUT2D eigenvalue weighted by Crippen LogP contribution is -2.35. The van der Waals surface area contributed by atoms with Gasteiger partial charge in [0, 0.05) is 30.8 Å². The maximum atomic E-state index is 6.02. The Morgan fingerprint density at radius 3 is 2.92 bits per heavy atom. The molecule has 0 aliphatic carbocycles. The summed E-state index contributed by atoms with van der Waals surface area (Å²) in [5, 5.41) is 4.86. The van der Waals surface area contributed by atoms with Crippen molar-refractivity contribution in [2.24, 2.45) is 0 Å². The Kier molecular flexibility index (Phi) is 6.34. The first-order chi connectivity index (χ1) is 12.6. The molecule has 1 atom stereocenters. The third-order valence-corrected chi connectivity index (χ3v) is 5.44. The number of hydrogen-bond donors (Lipinski definition) is 1. The van der Waals surface area contributed by atoms with Gasteiger partial charge in [-0.25, -0.2) is 9.97 Å². The van der Waals surface area contributed by atoms with Crippen molar-refractivity contribution in [3.05, 3.63) is 17.8 Å². The summed E-state index contributed by atoms with van der Waals surface area (Å²) in [7, 11) is 0. The van der Waals surface area contributed by atoms with Crippen molar-refractivity contribution in [1.82, 2.24) is 20.1 Å². The molecule has 0 unspecified atom stereocenters. The van der Waals surface area contributed by atoms with Crippen LogP contribution in [0, 0.1) is 0 Å². The first-order valence-electron chi connectivity index (χ1n) is 9.42. The third kappa shape index (κ3) is 4.66. The molecule has 26 heavy (non-hydrogen) atoms. The summed E-state index contributed by atoms with van der Waals surface area (Å²) in [5.41, 5.74) is 6.02. The molecule has 8 heteroatoms. The van der Waals surface area contributed by atoms with E-state index in [2.05, 4.69) is 40.8 Å². The van der Waals surface area contributed by atoms with Gasteiger partial charge in [-0.3, -0.25) is 0 Å². The van der Waals surface area contributed by atoms with Crippen LogP contribution in [0.1, 0.15) is 70.0 Å². The molecule has 1 aliphatic rings. The second-order valence-corrected chi connectivity index (χ2v) is 8.13. The zero-order valence-electron chi connectivity index (χ0n) is 15.8. The van der Waals surface area contributed by atoms with Crippen LogP contribution in [0.5, 0.6) is 0 Å². The molecular weight excluding hydrogens is 348 g/mol. The van der Waals surface area contributed by atoms with Crippen molar-refractivity contribution in [3.8, 4) is 0 Å². The van der Waals surface area contributed by atoms with Gasteiger partial charge in [0.2, 0.25) is 5.89 Å². The highest BCUT2D eigenvalue weighted by molar-refractivity contribution is 7.99. The minimum Gasteiger partial charge on any atom is -0.383 e. The monoisotopic (exact) mass is 376 g/mol. The van der Waals surface area contributed by atoms with Gasteiger partial charge in [0.1, 0.15) is 11.6 Å². The van der Waals surface area contributed by atoms with Crippen molar-refractivity contribution in [2.75, 3.05) is 29.5 Å². The van der Waals surface area contributed by atoms with Gasteiger partial charge in [0.15, 0.2) is 11.0 Å². The molecular formula is C18H28N6OS. The normalized spacial score (nSPS) is 17.8. The molecule has 0 saturated carbocycles. The van der Waals surface area contributed by atoms with Crippen molar-refractivity contribution in [1.29, 1.82) is 0 Å². The Hall–Kier alpha value is -1.83. The highest BCUT2D eigenvalue weighted by Gasteiger charge is 2.27. The largest absolute Gasteiger partial charge is 0.383 e. The fourth-order valence-corrected chi connectivity index (χ4v) is 3.94. The number of nitrogens with two attached hydrogens (primary N) is 1. The Labute approximate surface area is 159 Å². The summed E-state index contributed by atoms with van der Waals surface area (Å²) in [6.45, 7) is 8.10. The van der Waals surface area contributed by atoms with Gasteiger partial charge in [-0.05, 0) is 19.3 Å². The Bertz CT molecular complexity index is 719. The maximum absolute atomic E-state index is 6.02. The number of piperidine rings is 1. The summed E-state index contributed by atoms with van der Waals surface area (Å²) in [6, 6.07) is 1.86. The van der Waals surface area contributed by atoms with Crippen LogP contribution in [0.25, 0.3) is 0 Å². The quantitative estimate of drug-likeness (QED) is 0.442. The summed E-state index contributed by atoms with van der Waals surface area (Å²) in [5.74, 6) is 4.45. The Morgan fingerprint density at radius 2 is 2.19 bits per heavy atom. The fourth-order valence-electron chi connectivity index (χ4n) is 3.00. The zero-order chi connectivity index (χ0) is 18.5. The molecule has 2 aromatic heterocycles. The molecule has 2 aromatic rings. The molecule has 7 nitrogen and oxygen atoms in total. The van der Waals surface area contributed by atoms with E-state index in [9.17, 15) is 0 Å². The summed E-state index contributed by atoms with van der Waals surface area (Å²) >= 11 is 1.67. The molecule has 2 N–H and O–H groups in total. The first-order valence-corrected chi connectivity index (χ1v) is 10.4. The molecule has 3 rings (SSSR count). The predicted octanol–water partition coefficient (Wildman–Crippen LogP) is 3.84. The van der Waals surface area contributed by atoms with Gasteiger partial charge in [-0.2, -0.15) is 4.98 Å². The first kappa shape index (κ1) is 18.9. The zero-order valence-corrected chi connectivity index (χ0v) is 16.6. The number of unbranched alkanes of at least 4 members (excludes halogenated alkanes) is 1. The van der Waals surface area contributed by atoms with Crippen LogP contribution in [-0.2, 0) is 0 Å². The second-order valence-electron chi connectivity index (χ2n) is 7.07. The van der Waals surface area contributed by atoms with E-state index < -0.39 is 0 Å². The van der Waals surface area contributed by atoms with Crippen molar-refractivity contribution in [3.63, 3.8) is 0 Å². The number of nitrogens with zero attached hydrogens (tertiary/aromatic N) is 5. The van der Waals surface area contributed by atoms with E-state index in [1.54, 1.807) is 11.8 Å². The third-order valence-electron chi connectivity index (χ3n) is 4.51. The average Bonchev–Trinajstić information content (AvgIpc) is 3.12. The van der Waals surface area contributed by atoms with Crippen LogP contribution in [0.3, 0.4) is 0 Å². The number of rotatable bonds is 7. The Balaban J connectivity index is 1.72. The number of hydrogen-bond acceptors (Lipinski definition) is 8. The second kappa shape index (κ2) is 8.70.